The minimum atomic E-state index is -0.605. The summed E-state index contributed by atoms with van der Waals surface area (Å²) in [6.45, 7) is 2.06. The van der Waals surface area contributed by atoms with Crippen LogP contribution in [0.3, 0.4) is 0 Å². The van der Waals surface area contributed by atoms with Gasteiger partial charge in [0.25, 0.3) is 0 Å². The van der Waals surface area contributed by atoms with Crippen LogP contribution < -0.4 is 10.1 Å². The molecule has 0 heterocycles. The van der Waals surface area contributed by atoms with Gasteiger partial charge in [0.2, 0.25) is 0 Å². The lowest BCUT2D eigenvalue weighted by atomic mass is 10.1. The predicted molar refractivity (Wildman–Crippen MR) is 104 cm³/mol. The Bertz CT molecular complexity index is 903. The molecule has 0 atom stereocenters. The molecule has 1 amide bonds. The van der Waals surface area contributed by atoms with Gasteiger partial charge >= 0.3 is 12.1 Å². The summed E-state index contributed by atoms with van der Waals surface area (Å²) in [5.41, 5.74) is 3.08. The molecule has 0 aliphatic rings. The van der Waals surface area contributed by atoms with E-state index in [2.05, 4.69) is 5.32 Å². The van der Waals surface area contributed by atoms with Crippen LogP contribution in [0.5, 0.6) is 5.75 Å². The summed E-state index contributed by atoms with van der Waals surface area (Å²) in [5, 5.41) is 2.62. The predicted octanol–water partition coefficient (Wildman–Crippen LogP) is 5.14. The summed E-state index contributed by atoms with van der Waals surface area (Å²) in [7, 11) is 0. The Balaban J connectivity index is 1.58. The third-order valence-electron chi connectivity index (χ3n) is 3.81. The summed E-state index contributed by atoms with van der Waals surface area (Å²) >= 11 is 0. The lowest BCUT2D eigenvalue weighted by molar-refractivity contribution is 0.0526. The van der Waals surface area contributed by atoms with Crippen LogP contribution >= 0.6 is 0 Å². The van der Waals surface area contributed by atoms with Crippen molar-refractivity contribution in [3.8, 4) is 16.9 Å². The number of carbonyl (C=O) groups is 2. The minimum Gasteiger partial charge on any atom is -0.462 e. The Morgan fingerprint density at radius 1 is 0.815 bits per heavy atom. The van der Waals surface area contributed by atoms with Crippen LogP contribution in [0.15, 0.2) is 78.9 Å². The van der Waals surface area contributed by atoms with E-state index in [4.69, 9.17) is 9.47 Å². The van der Waals surface area contributed by atoms with Gasteiger partial charge in [-0.2, -0.15) is 0 Å². The van der Waals surface area contributed by atoms with Crippen molar-refractivity contribution >= 4 is 17.7 Å². The van der Waals surface area contributed by atoms with Gasteiger partial charge in [-0.05, 0) is 54.4 Å². The van der Waals surface area contributed by atoms with Crippen molar-refractivity contribution in [1.29, 1.82) is 0 Å². The quantitative estimate of drug-likeness (QED) is 0.639. The van der Waals surface area contributed by atoms with Crippen molar-refractivity contribution in [3.05, 3.63) is 84.4 Å². The van der Waals surface area contributed by atoms with Crippen molar-refractivity contribution in [1.82, 2.24) is 0 Å². The molecule has 3 aromatic carbocycles. The Kier molecular flexibility index (Phi) is 5.84. The highest BCUT2D eigenvalue weighted by atomic mass is 16.6. The van der Waals surface area contributed by atoms with E-state index < -0.39 is 12.1 Å². The first kappa shape index (κ1) is 18.2. The molecule has 0 saturated heterocycles. The van der Waals surface area contributed by atoms with Crippen molar-refractivity contribution in [2.75, 3.05) is 11.9 Å². The van der Waals surface area contributed by atoms with Crippen molar-refractivity contribution in [2.45, 2.75) is 6.92 Å². The molecule has 1 N–H and O–H groups in total. The van der Waals surface area contributed by atoms with E-state index in [1.807, 2.05) is 42.5 Å². The zero-order valence-electron chi connectivity index (χ0n) is 14.8. The van der Waals surface area contributed by atoms with Crippen LogP contribution in [-0.2, 0) is 4.74 Å². The van der Waals surface area contributed by atoms with Crippen LogP contribution in [-0.4, -0.2) is 18.7 Å². The third-order valence-corrected chi connectivity index (χ3v) is 3.81. The van der Waals surface area contributed by atoms with Gasteiger partial charge in [0.15, 0.2) is 0 Å². The Hall–Kier alpha value is -3.60. The topological polar surface area (TPSA) is 64.6 Å². The number of hydrogen-bond acceptors (Lipinski definition) is 4. The Morgan fingerprint density at radius 3 is 2.07 bits per heavy atom. The molecular weight excluding hydrogens is 342 g/mol. The molecule has 0 saturated carbocycles. The number of nitrogens with one attached hydrogen (secondary N) is 1. The number of amides is 1. The molecule has 0 aromatic heterocycles. The molecule has 27 heavy (non-hydrogen) atoms. The highest BCUT2D eigenvalue weighted by Crippen LogP contribution is 2.22. The zero-order chi connectivity index (χ0) is 19.1. The van der Waals surface area contributed by atoms with E-state index in [1.54, 1.807) is 43.3 Å². The third kappa shape index (κ3) is 4.95. The molecule has 0 bridgehead atoms. The largest absolute Gasteiger partial charge is 0.462 e. The molecule has 5 nitrogen and oxygen atoms in total. The fraction of sp³-hybridized carbons (Fsp3) is 0.0909. The summed E-state index contributed by atoms with van der Waals surface area (Å²) in [5.74, 6) is 0.0421. The lowest BCUT2D eigenvalue weighted by Crippen LogP contribution is -2.16. The molecule has 3 aromatic rings. The average molecular weight is 361 g/mol. The van der Waals surface area contributed by atoms with Gasteiger partial charge in [-0.25, -0.2) is 9.59 Å². The van der Waals surface area contributed by atoms with Gasteiger partial charge < -0.3 is 9.47 Å². The maximum absolute atomic E-state index is 12.0. The van der Waals surface area contributed by atoms with Gasteiger partial charge in [-0.1, -0.05) is 42.5 Å². The monoisotopic (exact) mass is 361 g/mol. The second-order valence-electron chi connectivity index (χ2n) is 5.70. The van der Waals surface area contributed by atoms with Gasteiger partial charge in [0.1, 0.15) is 5.75 Å². The van der Waals surface area contributed by atoms with E-state index >= 15 is 0 Å². The smallest absolute Gasteiger partial charge is 0.417 e. The fourth-order valence-corrected chi connectivity index (χ4v) is 2.50. The van der Waals surface area contributed by atoms with Gasteiger partial charge in [0, 0.05) is 5.69 Å². The molecule has 0 radical (unpaired) electrons. The number of benzene rings is 3. The van der Waals surface area contributed by atoms with E-state index in [9.17, 15) is 9.59 Å². The van der Waals surface area contributed by atoms with Crippen LogP contribution in [0.4, 0.5) is 10.5 Å². The fourth-order valence-electron chi connectivity index (χ4n) is 2.50. The van der Waals surface area contributed by atoms with Crippen molar-refractivity contribution in [3.63, 3.8) is 0 Å². The first-order valence-electron chi connectivity index (χ1n) is 8.57. The van der Waals surface area contributed by atoms with Crippen molar-refractivity contribution in [2.24, 2.45) is 0 Å². The summed E-state index contributed by atoms with van der Waals surface area (Å²) < 4.78 is 10.2. The Labute approximate surface area is 157 Å². The maximum Gasteiger partial charge on any atom is 0.417 e. The zero-order valence-corrected chi connectivity index (χ0v) is 14.8. The number of esters is 1. The van der Waals surface area contributed by atoms with Gasteiger partial charge in [-0.15, -0.1) is 0 Å². The van der Waals surface area contributed by atoms with Crippen LogP contribution in [0.25, 0.3) is 11.1 Å². The Morgan fingerprint density at radius 2 is 1.44 bits per heavy atom. The molecule has 0 unspecified atom stereocenters. The van der Waals surface area contributed by atoms with Crippen molar-refractivity contribution < 1.29 is 19.1 Å². The minimum absolute atomic E-state index is 0.314. The molecule has 136 valence electrons. The second-order valence-corrected chi connectivity index (χ2v) is 5.70. The van der Waals surface area contributed by atoms with Gasteiger partial charge in [-0.3, -0.25) is 5.32 Å². The van der Waals surface area contributed by atoms with Crippen LogP contribution in [0.2, 0.25) is 0 Å². The molecule has 3 rings (SSSR count). The van der Waals surface area contributed by atoms with E-state index in [0.29, 0.717) is 23.6 Å². The maximum atomic E-state index is 12.0. The molecule has 0 aliphatic heterocycles. The number of carbonyl (C=O) groups excluding carboxylic acids is 2. The standard InChI is InChI=1S/C22H19NO4/c1-2-26-21(24)18-8-12-19(13-9-18)23-22(25)27-20-14-10-17(11-15-20)16-6-4-3-5-7-16/h3-15H,2H2,1H3,(H,23,25). The highest BCUT2D eigenvalue weighted by Gasteiger charge is 2.08. The first-order valence-corrected chi connectivity index (χ1v) is 8.57. The number of rotatable bonds is 5. The number of anilines is 1. The molecular formula is C22H19NO4. The highest BCUT2D eigenvalue weighted by molar-refractivity contribution is 5.91. The normalized spacial score (nSPS) is 10.1. The lowest BCUT2D eigenvalue weighted by Gasteiger charge is -2.08. The molecule has 0 spiro atoms. The molecule has 0 fully saturated rings. The van der Waals surface area contributed by atoms with Crippen LogP contribution in [0.1, 0.15) is 17.3 Å². The van der Waals surface area contributed by atoms with Gasteiger partial charge in [0.05, 0.1) is 12.2 Å². The van der Waals surface area contributed by atoms with Crippen LogP contribution in [0, 0.1) is 0 Å². The molecule has 5 heteroatoms. The van der Waals surface area contributed by atoms with E-state index in [1.165, 1.54) is 0 Å². The first-order chi connectivity index (χ1) is 13.2. The SMILES string of the molecule is CCOC(=O)c1ccc(NC(=O)Oc2ccc(-c3ccccc3)cc2)cc1. The second kappa shape index (κ2) is 8.67. The molecule has 0 aliphatic carbocycles. The summed E-state index contributed by atoms with van der Waals surface area (Å²) in [6.07, 6.45) is -0.605. The number of hydrogen-bond donors (Lipinski definition) is 1. The average Bonchev–Trinajstić information content (AvgIpc) is 2.70. The van der Waals surface area contributed by atoms with E-state index in [-0.39, 0.29) is 0 Å². The summed E-state index contributed by atoms with van der Waals surface area (Å²) in [6, 6.07) is 23.6. The number of ether oxygens (including phenoxy) is 2. The summed E-state index contributed by atoms with van der Waals surface area (Å²) in [4.78, 5) is 23.6. The van der Waals surface area contributed by atoms with E-state index in [0.717, 1.165) is 11.1 Å².